The molecule has 0 aromatic rings. The minimum atomic E-state index is -0.0953. The molecule has 16 heavy (non-hydrogen) atoms. The van der Waals surface area contributed by atoms with Crippen molar-refractivity contribution in [1.82, 2.24) is 5.32 Å². The number of unbranched alkanes of at least 4 members (excludes halogenated alkanes) is 1. The summed E-state index contributed by atoms with van der Waals surface area (Å²) in [6.07, 6.45) is 4.94. The molecule has 0 aromatic heterocycles. The minimum absolute atomic E-state index is 0.0953. The van der Waals surface area contributed by atoms with Gasteiger partial charge in [0.1, 0.15) is 0 Å². The fraction of sp³-hybridized carbons (Fsp3) is 0.692. The predicted molar refractivity (Wildman–Crippen MR) is 65.7 cm³/mol. The molecule has 0 aromatic carbocycles. The third kappa shape index (κ3) is 7.05. The van der Waals surface area contributed by atoms with Crippen LogP contribution in [0.3, 0.4) is 0 Å². The SMILES string of the molecule is C=C(C)C(=O)NCCCC(C#N)CCCC. The van der Waals surface area contributed by atoms with Crippen molar-refractivity contribution >= 4 is 5.91 Å². The average molecular weight is 222 g/mol. The quantitative estimate of drug-likeness (QED) is 0.507. The van der Waals surface area contributed by atoms with Crippen LogP contribution in [0.4, 0.5) is 0 Å². The number of hydrogen-bond donors (Lipinski definition) is 1. The first-order valence-electron chi connectivity index (χ1n) is 5.95. The Labute approximate surface area is 98.5 Å². The van der Waals surface area contributed by atoms with Crippen LogP contribution in [0.15, 0.2) is 12.2 Å². The summed E-state index contributed by atoms with van der Waals surface area (Å²) in [6, 6.07) is 2.32. The lowest BCUT2D eigenvalue weighted by Crippen LogP contribution is -2.25. The molecule has 0 saturated carbocycles. The summed E-state index contributed by atoms with van der Waals surface area (Å²) in [5.74, 6) is 0.0451. The van der Waals surface area contributed by atoms with Crippen molar-refractivity contribution in [3.8, 4) is 6.07 Å². The second-order valence-electron chi connectivity index (χ2n) is 4.15. The van der Waals surface area contributed by atoms with E-state index in [-0.39, 0.29) is 11.8 Å². The first-order chi connectivity index (χ1) is 7.61. The van der Waals surface area contributed by atoms with E-state index in [0.717, 1.165) is 32.1 Å². The van der Waals surface area contributed by atoms with E-state index >= 15 is 0 Å². The van der Waals surface area contributed by atoms with Crippen molar-refractivity contribution in [1.29, 1.82) is 5.26 Å². The lowest BCUT2D eigenvalue weighted by atomic mass is 9.98. The van der Waals surface area contributed by atoms with Crippen LogP contribution in [-0.2, 0) is 4.79 Å². The van der Waals surface area contributed by atoms with Gasteiger partial charge in [0.25, 0.3) is 0 Å². The van der Waals surface area contributed by atoms with Crippen LogP contribution in [0.2, 0.25) is 0 Å². The maximum Gasteiger partial charge on any atom is 0.246 e. The van der Waals surface area contributed by atoms with Gasteiger partial charge in [-0.15, -0.1) is 0 Å². The lowest BCUT2D eigenvalue weighted by molar-refractivity contribution is -0.117. The average Bonchev–Trinajstić information content (AvgIpc) is 2.27. The van der Waals surface area contributed by atoms with Crippen molar-refractivity contribution in [2.45, 2.75) is 46.0 Å². The summed E-state index contributed by atoms with van der Waals surface area (Å²) in [7, 11) is 0. The van der Waals surface area contributed by atoms with E-state index in [1.54, 1.807) is 6.92 Å². The summed E-state index contributed by atoms with van der Waals surface area (Å²) in [5.41, 5.74) is 0.530. The number of rotatable bonds is 8. The Balaban J connectivity index is 3.60. The van der Waals surface area contributed by atoms with Crippen LogP contribution < -0.4 is 5.32 Å². The molecule has 0 aliphatic carbocycles. The van der Waals surface area contributed by atoms with E-state index in [1.807, 2.05) is 0 Å². The molecule has 0 bridgehead atoms. The van der Waals surface area contributed by atoms with E-state index in [1.165, 1.54) is 0 Å². The van der Waals surface area contributed by atoms with Crippen LogP contribution in [0.5, 0.6) is 0 Å². The molecule has 1 amide bonds. The third-order valence-electron chi connectivity index (χ3n) is 2.49. The van der Waals surface area contributed by atoms with Gasteiger partial charge in [-0.05, 0) is 26.2 Å². The molecular weight excluding hydrogens is 200 g/mol. The fourth-order valence-electron chi connectivity index (χ4n) is 1.43. The van der Waals surface area contributed by atoms with Crippen molar-refractivity contribution < 1.29 is 4.79 Å². The van der Waals surface area contributed by atoms with Gasteiger partial charge in [-0.25, -0.2) is 0 Å². The van der Waals surface area contributed by atoms with E-state index in [4.69, 9.17) is 5.26 Å². The molecule has 1 unspecified atom stereocenters. The molecule has 0 rings (SSSR count). The smallest absolute Gasteiger partial charge is 0.246 e. The molecule has 90 valence electrons. The van der Waals surface area contributed by atoms with Crippen molar-refractivity contribution in [2.24, 2.45) is 5.92 Å². The number of carbonyl (C=O) groups is 1. The number of amides is 1. The first-order valence-corrected chi connectivity index (χ1v) is 5.95. The van der Waals surface area contributed by atoms with E-state index in [0.29, 0.717) is 12.1 Å². The molecule has 0 spiro atoms. The van der Waals surface area contributed by atoms with Crippen LogP contribution in [0.25, 0.3) is 0 Å². The van der Waals surface area contributed by atoms with Gasteiger partial charge in [0.2, 0.25) is 5.91 Å². The van der Waals surface area contributed by atoms with Gasteiger partial charge < -0.3 is 5.32 Å². The Morgan fingerprint density at radius 3 is 2.56 bits per heavy atom. The normalized spacial score (nSPS) is 11.6. The summed E-state index contributed by atoms with van der Waals surface area (Å²) >= 11 is 0. The van der Waals surface area contributed by atoms with Crippen molar-refractivity contribution in [2.75, 3.05) is 6.54 Å². The fourth-order valence-corrected chi connectivity index (χ4v) is 1.43. The maximum atomic E-state index is 11.2. The van der Waals surface area contributed by atoms with E-state index in [9.17, 15) is 4.79 Å². The Kier molecular flexibility index (Phi) is 8.24. The highest BCUT2D eigenvalue weighted by molar-refractivity contribution is 5.91. The standard InChI is InChI=1S/C13H22N2O/c1-4-5-7-12(10-14)8-6-9-15-13(16)11(2)3/h12H,2,4-9H2,1,3H3,(H,15,16). The molecule has 0 radical (unpaired) electrons. The van der Waals surface area contributed by atoms with Gasteiger partial charge in [0.05, 0.1) is 6.07 Å². The minimum Gasteiger partial charge on any atom is -0.352 e. The predicted octanol–water partition coefficient (Wildman–Crippen LogP) is 2.79. The molecule has 3 nitrogen and oxygen atoms in total. The monoisotopic (exact) mass is 222 g/mol. The Morgan fingerprint density at radius 1 is 1.44 bits per heavy atom. The highest BCUT2D eigenvalue weighted by Crippen LogP contribution is 2.13. The number of nitriles is 1. The number of nitrogens with one attached hydrogen (secondary N) is 1. The Bertz CT molecular complexity index is 266. The first kappa shape index (κ1) is 14.7. The van der Waals surface area contributed by atoms with Crippen LogP contribution in [-0.4, -0.2) is 12.5 Å². The zero-order valence-corrected chi connectivity index (χ0v) is 10.4. The second-order valence-corrected chi connectivity index (χ2v) is 4.15. The summed E-state index contributed by atoms with van der Waals surface area (Å²) in [6.45, 7) is 8.01. The molecule has 1 atom stereocenters. The zero-order chi connectivity index (χ0) is 12.4. The molecule has 0 heterocycles. The second kappa shape index (κ2) is 8.96. The topological polar surface area (TPSA) is 52.9 Å². The van der Waals surface area contributed by atoms with Gasteiger partial charge in [-0.3, -0.25) is 4.79 Å². The molecular formula is C13H22N2O. The van der Waals surface area contributed by atoms with Gasteiger partial charge in [-0.2, -0.15) is 5.26 Å². The molecule has 1 N–H and O–H groups in total. The molecule has 0 aliphatic heterocycles. The van der Waals surface area contributed by atoms with E-state index < -0.39 is 0 Å². The number of carbonyl (C=O) groups excluding carboxylic acids is 1. The Morgan fingerprint density at radius 2 is 2.06 bits per heavy atom. The molecule has 0 fully saturated rings. The van der Waals surface area contributed by atoms with E-state index in [2.05, 4.69) is 24.9 Å². The van der Waals surface area contributed by atoms with Gasteiger partial charge in [0, 0.05) is 18.0 Å². The van der Waals surface area contributed by atoms with Crippen LogP contribution >= 0.6 is 0 Å². The molecule has 0 saturated heterocycles. The highest BCUT2D eigenvalue weighted by atomic mass is 16.1. The van der Waals surface area contributed by atoms with Crippen LogP contribution in [0.1, 0.15) is 46.0 Å². The summed E-state index contributed by atoms with van der Waals surface area (Å²) < 4.78 is 0. The van der Waals surface area contributed by atoms with Gasteiger partial charge in [0.15, 0.2) is 0 Å². The molecule has 0 aliphatic rings. The summed E-state index contributed by atoms with van der Waals surface area (Å²) in [4.78, 5) is 11.2. The molecule has 3 heteroatoms. The maximum absolute atomic E-state index is 11.2. The van der Waals surface area contributed by atoms with Gasteiger partial charge >= 0.3 is 0 Å². The summed E-state index contributed by atoms with van der Waals surface area (Å²) in [5, 5.41) is 11.7. The number of nitrogens with zero attached hydrogens (tertiary/aromatic N) is 1. The van der Waals surface area contributed by atoms with Crippen LogP contribution in [0, 0.1) is 17.2 Å². The van der Waals surface area contributed by atoms with Gasteiger partial charge in [-0.1, -0.05) is 26.3 Å². The Hall–Kier alpha value is -1.30. The highest BCUT2D eigenvalue weighted by Gasteiger charge is 2.06. The van der Waals surface area contributed by atoms with Crippen molar-refractivity contribution in [3.63, 3.8) is 0 Å². The number of hydrogen-bond acceptors (Lipinski definition) is 2. The van der Waals surface area contributed by atoms with Crippen molar-refractivity contribution in [3.05, 3.63) is 12.2 Å². The largest absolute Gasteiger partial charge is 0.352 e. The zero-order valence-electron chi connectivity index (χ0n) is 10.4. The lowest BCUT2D eigenvalue weighted by Gasteiger charge is -2.08. The third-order valence-corrected chi connectivity index (χ3v) is 2.49.